The number of aromatic nitrogens is 3. The van der Waals surface area contributed by atoms with Crippen molar-refractivity contribution in [3.8, 4) is 22.5 Å². The van der Waals surface area contributed by atoms with Crippen LogP contribution >= 0.6 is 0 Å². The number of nitrogens with zero attached hydrogens (tertiary/aromatic N) is 3. The summed E-state index contributed by atoms with van der Waals surface area (Å²) in [6.07, 6.45) is 2.17. The Morgan fingerprint density at radius 2 is 1.76 bits per heavy atom. The Kier molecular flexibility index (Phi) is 4.91. The highest BCUT2D eigenvalue weighted by Gasteiger charge is 2.10. The largest absolute Gasteiger partial charge is 0.326 e. The van der Waals surface area contributed by atoms with E-state index in [2.05, 4.69) is 10.3 Å². The number of carbonyl (C=O) groups is 2. The second-order valence-corrected chi connectivity index (χ2v) is 6.97. The van der Waals surface area contributed by atoms with Crippen molar-refractivity contribution in [3.63, 3.8) is 0 Å². The van der Waals surface area contributed by atoms with Crippen LogP contribution in [-0.4, -0.2) is 26.3 Å². The fraction of sp³-hybridized carbons (Fsp3) is 0.130. The molecule has 2 heterocycles. The Balaban J connectivity index is 1.76. The van der Waals surface area contributed by atoms with Crippen molar-refractivity contribution in [2.45, 2.75) is 20.3 Å². The van der Waals surface area contributed by atoms with Crippen LogP contribution in [0, 0.1) is 0 Å². The van der Waals surface area contributed by atoms with Gasteiger partial charge in [0.05, 0.1) is 17.6 Å². The molecule has 0 aliphatic heterocycles. The van der Waals surface area contributed by atoms with Crippen molar-refractivity contribution in [1.29, 1.82) is 0 Å². The molecule has 4 rings (SSSR count). The summed E-state index contributed by atoms with van der Waals surface area (Å²) in [5.41, 5.74) is 5.88. The van der Waals surface area contributed by atoms with E-state index in [0.29, 0.717) is 6.42 Å². The summed E-state index contributed by atoms with van der Waals surface area (Å²) in [6.45, 7) is 3.07. The van der Waals surface area contributed by atoms with Crippen LogP contribution in [-0.2, 0) is 16.0 Å². The minimum absolute atomic E-state index is 0.119. The highest BCUT2D eigenvalue weighted by Crippen LogP contribution is 2.25. The molecule has 2 aromatic heterocycles. The monoisotopic (exact) mass is 384 g/mol. The molecular weight excluding hydrogens is 364 g/mol. The smallest absolute Gasteiger partial charge is 0.221 e. The number of carbonyl (C=O) groups excluding carboxylic acids is 2. The second-order valence-electron chi connectivity index (χ2n) is 6.97. The summed E-state index contributed by atoms with van der Waals surface area (Å²) in [6, 6.07) is 19.3. The molecule has 0 saturated carbocycles. The molecule has 0 fully saturated rings. The molecule has 6 heteroatoms. The molecular formula is C23H20N4O2. The maximum atomic E-state index is 11.4. The van der Waals surface area contributed by atoms with Crippen LogP contribution in [0.15, 0.2) is 66.9 Å². The molecule has 144 valence electrons. The number of amides is 1. The van der Waals surface area contributed by atoms with E-state index in [9.17, 15) is 9.59 Å². The topological polar surface area (TPSA) is 76.4 Å². The molecule has 29 heavy (non-hydrogen) atoms. The molecule has 0 spiro atoms. The summed E-state index contributed by atoms with van der Waals surface area (Å²) in [7, 11) is 0. The molecule has 0 aliphatic rings. The van der Waals surface area contributed by atoms with Gasteiger partial charge in [0.2, 0.25) is 5.91 Å². The minimum atomic E-state index is -0.119. The van der Waals surface area contributed by atoms with Crippen molar-refractivity contribution in [1.82, 2.24) is 14.6 Å². The molecule has 0 aliphatic carbocycles. The Hall–Kier alpha value is -3.80. The summed E-state index contributed by atoms with van der Waals surface area (Å²) in [5, 5.41) is 7.57. The number of fused-ring (bicyclic) bond motifs is 1. The van der Waals surface area contributed by atoms with Crippen molar-refractivity contribution >= 4 is 23.0 Å². The van der Waals surface area contributed by atoms with Gasteiger partial charge in [-0.05, 0) is 42.8 Å². The summed E-state index contributed by atoms with van der Waals surface area (Å²) >= 11 is 0. The first kappa shape index (κ1) is 18.6. The third-order valence-corrected chi connectivity index (χ3v) is 4.52. The van der Waals surface area contributed by atoms with Gasteiger partial charge in [0.15, 0.2) is 5.65 Å². The van der Waals surface area contributed by atoms with Gasteiger partial charge in [0.25, 0.3) is 0 Å². The van der Waals surface area contributed by atoms with E-state index in [4.69, 9.17) is 5.10 Å². The van der Waals surface area contributed by atoms with Gasteiger partial charge in [-0.15, -0.1) is 0 Å². The zero-order valence-electron chi connectivity index (χ0n) is 16.2. The lowest BCUT2D eigenvalue weighted by atomic mass is 10.0. The lowest BCUT2D eigenvalue weighted by molar-refractivity contribution is -0.116. The number of ketones is 1. The normalized spacial score (nSPS) is 10.8. The lowest BCUT2D eigenvalue weighted by Crippen LogP contribution is -2.05. The highest BCUT2D eigenvalue weighted by molar-refractivity contribution is 5.89. The number of benzene rings is 2. The van der Waals surface area contributed by atoms with Crippen LogP contribution in [0.25, 0.3) is 28.2 Å². The highest BCUT2D eigenvalue weighted by atomic mass is 16.1. The van der Waals surface area contributed by atoms with Gasteiger partial charge in [0.1, 0.15) is 5.78 Å². The standard InChI is InChI=1S/C23H20N4O2/c1-15(28)11-17-5-3-6-18(12-17)21-9-10-23-24-14-22(27(23)26-21)19-7-4-8-20(13-19)25-16(2)29/h3-10,12-14H,11H2,1-2H3,(H,25,29). The van der Waals surface area contributed by atoms with Gasteiger partial charge in [-0.3, -0.25) is 9.59 Å². The fourth-order valence-electron chi connectivity index (χ4n) is 3.31. The molecule has 0 radical (unpaired) electrons. The third kappa shape index (κ3) is 4.06. The zero-order valence-corrected chi connectivity index (χ0v) is 16.2. The molecule has 0 unspecified atom stereocenters. The van der Waals surface area contributed by atoms with Gasteiger partial charge in [-0.2, -0.15) is 5.10 Å². The Bertz CT molecular complexity index is 1230. The lowest BCUT2D eigenvalue weighted by Gasteiger charge is -2.08. The maximum absolute atomic E-state index is 11.4. The van der Waals surface area contributed by atoms with Gasteiger partial charge in [-0.1, -0.05) is 30.3 Å². The summed E-state index contributed by atoms with van der Waals surface area (Å²) in [4.78, 5) is 27.2. The fourth-order valence-corrected chi connectivity index (χ4v) is 3.31. The van der Waals surface area contributed by atoms with Crippen molar-refractivity contribution in [3.05, 3.63) is 72.4 Å². The van der Waals surface area contributed by atoms with Crippen molar-refractivity contribution in [2.75, 3.05) is 5.32 Å². The Morgan fingerprint density at radius 3 is 2.55 bits per heavy atom. The van der Waals surface area contributed by atoms with Crippen molar-refractivity contribution in [2.24, 2.45) is 0 Å². The van der Waals surface area contributed by atoms with Crippen LogP contribution in [0.5, 0.6) is 0 Å². The average Bonchev–Trinajstić information content (AvgIpc) is 3.10. The van der Waals surface area contributed by atoms with E-state index in [1.807, 2.05) is 60.7 Å². The number of hydrogen-bond donors (Lipinski definition) is 1. The number of nitrogens with one attached hydrogen (secondary N) is 1. The van der Waals surface area contributed by atoms with Crippen LogP contribution in [0.4, 0.5) is 5.69 Å². The zero-order chi connectivity index (χ0) is 20.4. The van der Waals surface area contributed by atoms with Crippen LogP contribution in [0.2, 0.25) is 0 Å². The first-order chi connectivity index (χ1) is 14.0. The molecule has 1 N–H and O–H groups in total. The van der Waals surface area contributed by atoms with Crippen molar-refractivity contribution < 1.29 is 9.59 Å². The van der Waals surface area contributed by atoms with Crippen LogP contribution in [0.3, 0.4) is 0 Å². The molecule has 0 saturated heterocycles. The maximum Gasteiger partial charge on any atom is 0.221 e. The minimum Gasteiger partial charge on any atom is -0.326 e. The number of rotatable bonds is 5. The number of Topliss-reactive ketones (excluding diaryl/α,β-unsaturated/α-hetero) is 1. The predicted molar refractivity (Wildman–Crippen MR) is 113 cm³/mol. The van der Waals surface area contributed by atoms with E-state index in [-0.39, 0.29) is 11.7 Å². The van der Waals surface area contributed by atoms with E-state index < -0.39 is 0 Å². The van der Waals surface area contributed by atoms with E-state index in [0.717, 1.165) is 39.4 Å². The number of hydrogen-bond acceptors (Lipinski definition) is 4. The summed E-state index contributed by atoms with van der Waals surface area (Å²) in [5.74, 6) is 0.00709. The average molecular weight is 384 g/mol. The molecule has 6 nitrogen and oxygen atoms in total. The second kappa shape index (κ2) is 7.67. The predicted octanol–water partition coefficient (Wildman–Crippen LogP) is 4.15. The SMILES string of the molecule is CC(=O)Cc1cccc(-c2ccc3ncc(-c4cccc(NC(C)=O)c4)n3n2)c1. The van der Waals surface area contributed by atoms with Crippen LogP contribution in [0.1, 0.15) is 19.4 Å². The van der Waals surface area contributed by atoms with Gasteiger partial charge >= 0.3 is 0 Å². The van der Waals surface area contributed by atoms with Gasteiger partial charge in [0, 0.05) is 30.2 Å². The number of anilines is 1. The summed E-state index contributed by atoms with van der Waals surface area (Å²) < 4.78 is 1.79. The van der Waals surface area contributed by atoms with E-state index in [1.54, 1.807) is 17.6 Å². The Labute approximate surface area is 168 Å². The Morgan fingerprint density at radius 1 is 0.966 bits per heavy atom. The van der Waals surface area contributed by atoms with Crippen LogP contribution < -0.4 is 5.32 Å². The third-order valence-electron chi connectivity index (χ3n) is 4.52. The number of imidazole rings is 1. The molecule has 0 bridgehead atoms. The molecule has 4 aromatic rings. The molecule has 0 atom stereocenters. The van der Waals surface area contributed by atoms with Gasteiger partial charge in [-0.25, -0.2) is 9.50 Å². The first-order valence-corrected chi connectivity index (χ1v) is 9.31. The molecule has 2 aromatic carbocycles. The quantitative estimate of drug-likeness (QED) is 0.561. The van der Waals surface area contributed by atoms with Gasteiger partial charge < -0.3 is 5.32 Å². The van der Waals surface area contributed by atoms with E-state index >= 15 is 0 Å². The first-order valence-electron chi connectivity index (χ1n) is 9.31. The van der Waals surface area contributed by atoms with E-state index in [1.165, 1.54) is 6.92 Å². The molecule has 1 amide bonds.